The van der Waals surface area contributed by atoms with Gasteiger partial charge in [-0.2, -0.15) is 0 Å². The molecule has 74 valence electrons. The third-order valence-electron chi connectivity index (χ3n) is 2.75. The molecule has 0 spiro atoms. The van der Waals surface area contributed by atoms with Crippen LogP contribution in [-0.2, 0) is 0 Å². The van der Waals surface area contributed by atoms with Gasteiger partial charge in [-0.15, -0.1) is 5.92 Å². The maximum Gasteiger partial charge on any atom is 0.140 e. The van der Waals surface area contributed by atoms with E-state index < -0.39 is 12.2 Å². The first-order chi connectivity index (χ1) is 6.25. The van der Waals surface area contributed by atoms with Gasteiger partial charge in [0, 0.05) is 0 Å². The maximum atomic E-state index is 9.72. The Morgan fingerprint density at radius 1 is 1.15 bits per heavy atom. The molecule has 2 N–H and O–H groups in total. The Morgan fingerprint density at radius 2 is 1.77 bits per heavy atom. The standard InChI is InChI=1S/C11H18O2/c1-2-6-10(12)11(13)9-7-4-3-5-8-9/h9-13H,3-5,7-8H2,1H3. The SMILES string of the molecule is CC#CC(O)C(O)C1CCCCC1. The lowest BCUT2D eigenvalue weighted by Crippen LogP contribution is -2.33. The summed E-state index contributed by atoms with van der Waals surface area (Å²) in [6, 6.07) is 0. The summed E-state index contributed by atoms with van der Waals surface area (Å²) in [4.78, 5) is 0. The van der Waals surface area contributed by atoms with Crippen molar-refractivity contribution >= 4 is 0 Å². The molecule has 0 bridgehead atoms. The topological polar surface area (TPSA) is 40.5 Å². The van der Waals surface area contributed by atoms with Crippen LogP contribution in [0.15, 0.2) is 0 Å². The van der Waals surface area contributed by atoms with E-state index >= 15 is 0 Å². The molecule has 1 saturated carbocycles. The quantitative estimate of drug-likeness (QED) is 0.632. The van der Waals surface area contributed by atoms with Crippen LogP contribution in [0.4, 0.5) is 0 Å². The minimum Gasteiger partial charge on any atom is -0.389 e. The van der Waals surface area contributed by atoms with Gasteiger partial charge in [-0.1, -0.05) is 25.2 Å². The van der Waals surface area contributed by atoms with Gasteiger partial charge in [-0.05, 0) is 25.7 Å². The Hall–Kier alpha value is -0.520. The zero-order valence-corrected chi connectivity index (χ0v) is 8.16. The minimum atomic E-state index is -0.854. The molecule has 2 unspecified atom stereocenters. The van der Waals surface area contributed by atoms with Crippen LogP contribution >= 0.6 is 0 Å². The van der Waals surface area contributed by atoms with E-state index in [1.54, 1.807) is 6.92 Å². The van der Waals surface area contributed by atoms with Crippen molar-refractivity contribution < 1.29 is 10.2 Å². The normalized spacial score (nSPS) is 23.0. The lowest BCUT2D eigenvalue weighted by atomic mass is 9.83. The van der Waals surface area contributed by atoms with E-state index in [0.717, 1.165) is 12.8 Å². The lowest BCUT2D eigenvalue weighted by molar-refractivity contribution is 0.000675. The highest BCUT2D eigenvalue weighted by atomic mass is 16.3. The molecule has 0 radical (unpaired) electrons. The van der Waals surface area contributed by atoms with Gasteiger partial charge in [0.05, 0.1) is 6.10 Å². The van der Waals surface area contributed by atoms with E-state index in [2.05, 4.69) is 11.8 Å². The van der Waals surface area contributed by atoms with Crippen LogP contribution in [0.2, 0.25) is 0 Å². The van der Waals surface area contributed by atoms with Crippen LogP contribution in [0.3, 0.4) is 0 Å². The molecule has 1 fully saturated rings. The van der Waals surface area contributed by atoms with E-state index in [1.165, 1.54) is 19.3 Å². The Morgan fingerprint density at radius 3 is 2.31 bits per heavy atom. The summed E-state index contributed by atoms with van der Waals surface area (Å²) in [5.41, 5.74) is 0. The van der Waals surface area contributed by atoms with Crippen LogP contribution in [-0.4, -0.2) is 22.4 Å². The number of hydrogen-bond donors (Lipinski definition) is 2. The Labute approximate surface area is 80.0 Å². The second-order valence-corrected chi connectivity index (χ2v) is 3.73. The van der Waals surface area contributed by atoms with Crippen LogP contribution in [0.5, 0.6) is 0 Å². The molecule has 0 aromatic carbocycles. The van der Waals surface area contributed by atoms with Crippen LogP contribution in [0.1, 0.15) is 39.0 Å². The molecule has 0 heterocycles. The second kappa shape index (κ2) is 5.26. The number of aliphatic hydroxyl groups is 2. The Balaban J connectivity index is 2.43. The number of rotatable bonds is 2. The molecule has 0 amide bonds. The molecule has 0 aromatic heterocycles. The van der Waals surface area contributed by atoms with Gasteiger partial charge in [0.2, 0.25) is 0 Å². The summed E-state index contributed by atoms with van der Waals surface area (Å²) < 4.78 is 0. The van der Waals surface area contributed by atoms with E-state index in [9.17, 15) is 10.2 Å². The molecular formula is C11H18O2. The predicted octanol–water partition coefficient (Wildman–Crippen LogP) is 1.31. The molecule has 0 aliphatic heterocycles. The van der Waals surface area contributed by atoms with Crippen molar-refractivity contribution in [2.75, 3.05) is 0 Å². The van der Waals surface area contributed by atoms with Gasteiger partial charge in [-0.25, -0.2) is 0 Å². The van der Waals surface area contributed by atoms with Crippen molar-refractivity contribution in [2.45, 2.75) is 51.2 Å². The van der Waals surface area contributed by atoms with Gasteiger partial charge in [0.15, 0.2) is 0 Å². The van der Waals surface area contributed by atoms with Crippen molar-refractivity contribution in [1.82, 2.24) is 0 Å². The van der Waals surface area contributed by atoms with E-state index in [-0.39, 0.29) is 5.92 Å². The Bertz CT molecular complexity index is 196. The van der Waals surface area contributed by atoms with Crippen molar-refractivity contribution in [3.05, 3.63) is 0 Å². The van der Waals surface area contributed by atoms with Gasteiger partial charge in [-0.3, -0.25) is 0 Å². The summed E-state index contributed by atoms with van der Waals surface area (Å²) in [5, 5.41) is 19.2. The fourth-order valence-corrected chi connectivity index (χ4v) is 1.97. The smallest absolute Gasteiger partial charge is 0.140 e. The second-order valence-electron chi connectivity index (χ2n) is 3.73. The van der Waals surface area contributed by atoms with E-state index in [1.807, 2.05) is 0 Å². The average Bonchev–Trinajstić information content (AvgIpc) is 2.18. The van der Waals surface area contributed by atoms with Crippen molar-refractivity contribution in [3.63, 3.8) is 0 Å². The molecule has 2 heteroatoms. The zero-order chi connectivity index (χ0) is 9.68. The Kier molecular flexibility index (Phi) is 4.27. The molecule has 2 nitrogen and oxygen atoms in total. The van der Waals surface area contributed by atoms with Crippen LogP contribution in [0.25, 0.3) is 0 Å². The van der Waals surface area contributed by atoms with Gasteiger partial charge in [0.25, 0.3) is 0 Å². The van der Waals surface area contributed by atoms with E-state index in [0.29, 0.717) is 0 Å². The van der Waals surface area contributed by atoms with Gasteiger partial charge >= 0.3 is 0 Å². The summed E-state index contributed by atoms with van der Waals surface area (Å²) in [6.45, 7) is 1.68. The maximum absolute atomic E-state index is 9.72. The summed E-state index contributed by atoms with van der Waals surface area (Å²) in [6.07, 6.45) is 4.18. The van der Waals surface area contributed by atoms with Gasteiger partial charge < -0.3 is 10.2 Å². The number of hydrogen-bond acceptors (Lipinski definition) is 2. The minimum absolute atomic E-state index is 0.254. The highest BCUT2D eigenvalue weighted by molar-refractivity contribution is 5.05. The summed E-state index contributed by atoms with van der Waals surface area (Å²) in [5.74, 6) is 5.48. The van der Waals surface area contributed by atoms with Gasteiger partial charge in [0.1, 0.15) is 6.10 Å². The van der Waals surface area contributed by atoms with Crippen LogP contribution in [0, 0.1) is 17.8 Å². The summed E-state index contributed by atoms with van der Waals surface area (Å²) in [7, 11) is 0. The first-order valence-corrected chi connectivity index (χ1v) is 5.04. The average molecular weight is 182 g/mol. The summed E-state index contributed by atoms with van der Waals surface area (Å²) >= 11 is 0. The van der Waals surface area contributed by atoms with Crippen molar-refractivity contribution in [1.29, 1.82) is 0 Å². The first-order valence-electron chi connectivity index (χ1n) is 5.04. The van der Waals surface area contributed by atoms with E-state index in [4.69, 9.17) is 0 Å². The molecule has 1 aliphatic carbocycles. The zero-order valence-electron chi connectivity index (χ0n) is 8.16. The third kappa shape index (κ3) is 3.02. The molecule has 1 rings (SSSR count). The van der Waals surface area contributed by atoms with Crippen molar-refractivity contribution in [3.8, 4) is 11.8 Å². The molecule has 1 aliphatic rings. The molecule has 0 aromatic rings. The first kappa shape index (κ1) is 10.6. The molecule has 13 heavy (non-hydrogen) atoms. The predicted molar refractivity (Wildman–Crippen MR) is 52.0 cm³/mol. The van der Waals surface area contributed by atoms with Crippen LogP contribution < -0.4 is 0 Å². The highest BCUT2D eigenvalue weighted by Gasteiger charge is 2.26. The molecule has 2 atom stereocenters. The molecular weight excluding hydrogens is 164 g/mol. The fraction of sp³-hybridized carbons (Fsp3) is 0.818. The fourth-order valence-electron chi connectivity index (χ4n) is 1.97. The lowest BCUT2D eigenvalue weighted by Gasteiger charge is -2.27. The third-order valence-corrected chi connectivity index (χ3v) is 2.75. The largest absolute Gasteiger partial charge is 0.389 e. The highest BCUT2D eigenvalue weighted by Crippen LogP contribution is 2.27. The van der Waals surface area contributed by atoms with Crippen molar-refractivity contribution in [2.24, 2.45) is 5.92 Å². The number of aliphatic hydroxyl groups excluding tert-OH is 2. The molecule has 0 saturated heterocycles. The monoisotopic (exact) mass is 182 g/mol.